The van der Waals surface area contributed by atoms with Gasteiger partial charge >= 0.3 is 23.9 Å². The molecule has 0 radical (unpaired) electrons. The van der Waals surface area contributed by atoms with E-state index in [1.165, 1.54) is 7.05 Å². The van der Waals surface area contributed by atoms with E-state index in [1.54, 1.807) is 24.4 Å². The molecule has 0 fully saturated rings. The van der Waals surface area contributed by atoms with E-state index in [-0.39, 0.29) is 18.2 Å². The van der Waals surface area contributed by atoms with Gasteiger partial charge in [0.05, 0.1) is 19.3 Å². The Morgan fingerprint density at radius 3 is 2.38 bits per heavy atom. The van der Waals surface area contributed by atoms with E-state index in [4.69, 9.17) is 9.90 Å². The minimum atomic E-state index is -5.08. The molecule has 0 aliphatic heterocycles. The van der Waals surface area contributed by atoms with Crippen LogP contribution in [0.2, 0.25) is 0 Å². The summed E-state index contributed by atoms with van der Waals surface area (Å²) in [6.45, 7) is 0.236. The number of aromatic nitrogens is 3. The largest absolute Gasteiger partial charge is 0.490 e. The molecule has 2 aromatic rings. The Balaban J connectivity index is 0.000000412. The van der Waals surface area contributed by atoms with Gasteiger partial charge in [-0.05, 0) is 17.1 Å². The molecule has 2 N–H and O–H groups in total. The summed E-state index contributed by atoms with van der Waals surface area (Å²) in [7, 11) is 1.42. The highest BCUT2D eigenvalue weighted by atomic mass is 19.4. The van der Waals surface area contributed by atoms with Crippen molar-refractivity contribution in [2.24, 2.45) is 7.05 Å². The van der Waals surface area contributed by atoms with Gasteiger partial charge in [0.1, 0.15) is 6.20 Å². The SMILES string of the molecule is Cn1c([N+](=O)[O-])cnc1C(=O)NCc1ccccn1.O=C(O)C(F)(F)F. The Morgan fingerprint density at radius 1 is 1.35 bits per heavy atom. The van der Waals surface area contributed by atoms with Crippen LogP contribution in [0.4, 0.5) is 19.0 Å². The maximum absolute atomic E-state index is 11.8. The molecule has 0 aromatic carbocycles. The van der Waals surface area contributed by atoms with Crippen LogP contribution in [0.5, 0.6) is 0 Å². The number of nitro groups is 1. The monoisotopic (exact) mass is 375 g/mol. The van der Waals surface area contributed by atoms with Crippen molar-refractivity contribution in [2.75, 3.05) is 0 Å². The summed E-state index contributed by atoms with van der Waals surface area (Å²) in [5, 5.41) is 20.4. The molecule has 13 heteroatoms. The average Bonchev–Trinajstić information content (AvgIpc) is 2.95. The number of carbonyl (C=O) groups is 2. The molecule has 0 unspecified atom stereocenters. The number of hydrogen-bond acceptors (Lipinski definition) is 6. The number of nitrogens with zero attached hydrogens (tertiary/aromatic N) is 4. The van der Waals surface area contributed by atoms with Gasteiger partial charge in [0.2, 0.25) is 0 Å². The number of nitrogens with one attached hydrogen (secondary N) is 1. The normalized spacial score (nSPS) is 10.5. The van der Waals surface area contributed by atoms with Gasteiger partial charge in [-0.1, -0.05) is 6.07 Å². The van der Waals surface area contributed by atoms with Crippen LogP contribution in [0.1, 0.15) is 16.3 Å². The molecule has 2 aromatic heterocycles. The van der Waals surface area contributed by atoms with Gasteiger partial charge in [0, 0.05) is 6.20 Å². The second-order valence-electron chi connectivity index (χ2n) is 4.56. The molecule has 1 amide bonds. The van der Waals surface area contributed by atoms with Crippen molar-refractivity contribution in [1.82, 2.24) is 19.9 Å². The van der Waals surface area contributed by atoms with Crippen LogP contribution in [0.25, 0.3) is 0 Å². The fourth-order valence-corrected chi connectivity index (χ4v) is 1.53. The zero-order valence-corrected chi connectivity index (χ0v) is 13.1. The highest BCUT2D eigenvalue weighted by Gasteiger charge is 2.38. The minimum absolute atomic E-state index is 0.0115. The third-order valence-electron chi connectivity index (χ3n) is 2.75. The summed E-state index contributed by atoms with van der Waals surface area (Å²) in [6, 6.07) is 5.34. The molecule has 0 atom stereocenters. The van der Waals surface area contributed by atoms with Crippen molar-refractivity contribution >= 4 is 17.7 Å². The van der Waals surface area contributed by atoms with Crippen molar-refractivity contribution in [2.45, 2.75) is 12.7 Å². The first-order valence-corrected chi connectivity index (χ1v) is 6.68. The van der Waals surface area contributed by atoms with Crippen molar-refractivity contribution in [1.29, 1.82) is 0 Å². The topological polar surface area (TPSA) is 140 Å². The van der Waals surface area contributed by atoms with Crippen molar-refractivity contribution < 1.29 is 32.8 Å². The second kappa shape index (κ2) is 8.55. The summed E-state index contributed by atoms with van der Waals surface area (Å²) in [6.07, 6.45) is -2.41. The molecule has 0 saturated heterocycles. The molecule has 0 bridgehead atoms. The Labute approximate surface area is 143 Å². The van der Waals surface area contributed by atoms with Crippen LogP contribution >= 0.6 is 0 Å². The Bertz CT molecular complexity index is 791. The van der Waals surface area contributed by atoms with Gasteiger partial charge in [-0.2, -0.15) is 13.2 Å². The number of aliphatic carboxylic acids is 1. The van der Waals surface area contributed by atoms with Gasteiger partial charge in [0.15, 0.2) is 0 Å². The third-order valence-corrected chi connectivity index (χ3v) is 2.75. The lowest BCUT2D eigenvalue weighted by Gasteiger charge is -2.02. The van der Waals surface area contributed by atoms with E-state index < -0.39 is 23.0 Å². The maximum atomic E-state index is 11.8. The van der Waals surface area contributed by atoms with E-state index in [0.717, 1.165) is 10.8 Å². The number of imidazole rings is 1. The van der Waals surface area contributed by atoms with Crippen LogP contribution in [0.3, 0.4) is 0 Å². The molecular weight excluding hydrogens is 363 g/mol. The first-order valence-electron chi connectivity index (χ1n) is 6.68. The lowest BCUT2D eigenvalue weighted by molar-refractivity contribution is -0.391. The van der Waals surface area contributed by atoms with E-state index in [1.807, 2.05) is 0 Å². The van der Waals surface area contributed by atoms with Crippen LogP contribution in [0, 0.1) is 10.1 Å². The molecule has 26 heavy (non-hydrogen) atoms. The molecule has 0 aliphatic carbocycles. The van der Waals surface area contributed by atoms with Crippen molar-refractivity contribution in [3.05, 3.63) is 52.2 Å². The standard InChI is InChI=1S/C11H11N5O3.C2HF3O2/c1-15-9(16(18)19)7-13-10(15)11(17)14-6-8-4-2-3-5-12-8;3-2(4,5)1(6)7/h2-5,7H,6H2,1H3,(H,14,17);(H,6,7). The molecule has 2 rings (SSSR count). The van der Waals surface area contributed by atoms with Gasteiger partial charge in [0.25, 0.3) is 5.82 Å². The van der Waals surface area contributed by atoms with Gasteiger partial charge in [-0.25, -0.2) is 14.3 Å². The maximum Gasteiger partial charge on any atom is 0.490 e. The quantitative estimate of drug-likeness (QED) is 0.606. The first-order chi connectivity index (χ1) is 12.0. The predicted molar refractivity (Wildman–Crippen MR) is 79.0 cm³/mol. The predicted octanol–water partition coefficient (Wildman–Crippen LogP) is 1.29. The lowest BCUT2D eigenvalue weighted by atomic mass is 10.3. The van der Waals surface area contributed by atoms with Crippen LogP contribution in [0.15, 0.2) is 30.6 Å². The first kappa shape index (κ1) is 20.5. The summed E-state index contributed by atoms with van der Waals surface area (Å²) in [4.78, 5) is 38.6. The highest BCUT2D eigenvalue weighted by Crippen LogP contribution is 2.13. The molecule has 0 saturated carbocycles. The third kappa shape index (κ3) is 5.85. The number of rotatable bonds is 4. The summed E-state index contributed by atoms with van der Waals surface area (Å²) in [5.41, 5.74) is 0.694. The van der Waals surface area contributed by atoms with Crippen LogP contribution < -0.4 is 5.32 Å². The number of halogens is 3. The zero-order chi connectivity index (χ0) is 19.9. The van der Waals surface area contributed by atoms with E-state index >= 15 is 0 Å². The fraction of sp³-hybridized carbons (Fsp3) is 0.231. The Hall–Kier alpha value is -3.51. The molecule has 0 aliphatic rings. The molecule has 140 valence electrons. The zero-order valence-electron chi connectivity index (χ0n) is 13.1. The van der Waals surface area contributed by atoms with Crippen molar-refractivity contribution in [3.8, 4) is 0 Å². The van der Waals surface area contributed by atoms with Crippen LogP contribution in [-0.2, 0) is 18.4 Å². The second-order valence-corrected chi connectivity index (χ2v) is 4.56. The van der Waals surface area contributed by atoms with E-state index in [2.05, 4.69) is 15.3 Å². The fourth-order valence-electron chi connectivity index (χ4n) is 1.53. The number of alkyl halides is 3. The summed E-state index contributed by atoms with van der Waals surface area (Å²) >= 11 is 0. The number of carbonyl (C=O) groups excluding carboxylic acids is 1. The van der Waals surface area contributed by atoms with E-state index in [0.29, 0.717) is 5.69 Å². The number of hydrogen-bond donors (Lipinski definition) is 2. The Kier molecular flexibility index (Phi) is 6.75. The average molecular weight is 375 g/mol. The number of amides is 1. The van der Waals surface area contributed by atoms with Gasteiger partial charge in [-0.15, -0.1) is 0 Å². The lowest BCUT2D eigenvalue weighted by Crippen LogP contribution is -2.26. The van der Waals surface area contributed by atoms with Crippen molar-refractivity contribution in [3.63, 3.8) is 0 Å². The number of carboxylic acid groups (broad SMARTS) is 1. The number of carboxylic acids is 1. The number of pyridine rings is 1. The van der Waals surface area contributed by atoms with Gasteiger partial charge < -0.3 is 20.5 Å². The summed E-state index contributed by atoms with van der Waals surface area (Å²) < 4.78 is 32.9. The summed E-state index contributed by atoms with van der Waals surface area (Å²) in [5.74, 6) is -3.49. The van der Waals surface area contributed by atoms with Crippen LogP contribution in [-0.4, -0.2) is 42.6 Å². The highest BCUT2D eigenvalue weighted by molar-refractivity contribution is 5.91. The van der Waals surface area contributed by atoms with E-state index in [9.17, 15) is 28.1 Å². The molecular formula is C13H12F3N5O5. The molecule has 0 spiro atoms. The molecule has 10 nitrogen and oxygen atoms in total. The van der Waals surface area contributed by atoms with Gasteiger partial charge in [-0.3, -0.25) is 9.78 Å². The Morgan fingerprint density at radius 2 is 1.96 bits per heavy atom. The molecule has 2 heterocycles. The smallest absolute Gasteiger partial charge is 0.475 e. The minimum Gasteiger partial charge on any atom is -0.475 e.